The molecule has 0 bridgehead atoms. The summed E-state index contributed by atoms with van der Waals surface area (Å²) in [6, 6.07) is 16.4. The van der Waals surface area contributed by atoms with Crippen LogP contribution in [0.15, 0.2) is 54.6 Å². The fraction of sp³-hybridized carbons (Fsp3) is 0.316. The summed E-state index contributed by atoms with van der Waals surface area (Å²) in [7, 11) is 0. The molecule has 0 aliphatic carbocycles. The number of urea groups is 1. The zero-order valence-electron chi connectivity index (χ0n) is 13.9. The van der Waals surface area contributed by atoms with Crippen LogP contribution in [0.25, 0.3) is 0 Å². The second kappa shape index (κ2) is 8.71. The van der Waals surface area contributed by atoms with Gasteiger partial charge in [0.1, 0.15) is 0 Å². The van der Waals surface area contributed by atoms with Crippen molar-refractivity contribution in [1.82, 2.24) is 10.6 Å². The SMILES string of the molecule is CC(C)C(NC(=O)NCC(O)c1ccc(Cl)cc1)c1ccccc1. The van der Waals surface area contributed by atoms with Gasteiger partial charge in [-0.3, -0.25) is 0 Å². The van der Waals surface area contributed by atoms with E-state index in [9.17, 15) is 9.90 Å². The molecule has 128 valence electrons. The standard InChI is InChI=1S/C19H23ClN2O2/c1-13(2)18(15-6-4-3-5-7-15)22-19(24)21-12-17(23)14-8-10-16(20)11-9-14/h3-11,13,17-18,23H,12H2,1-2H3,(H2,21,22,24). The summed E-state index contributed by atoms with van der Waals surface area (Å²) in [5.74, 6) is 0.249. The number of rotatable bonds is 6. The zero-order valence-corrected chi connectivity index (χ0v) is 14.6. The van der Waals surface area contributed by atoms with Crippen LogP contribution in [0, 0.1) is 5.92 Å². The zero-order chi connectivity index (χ0) is 17.5. The number of hydrogen-bond acceptors (Lipinski definition) is 2. The van der Waals surface area contributed by atoms with Crippen molar-refractivity contribution in [3.8, 4) is 0 Å². The highest BCUT2D eigenvalue weighted by Gasteiger charge is 2.18. The minimum absolute atomic E-state index is 0.0844. The molecule has 0 spiro atoms. The van der Waals surface area contributed by atoms with Gasteiger partial charge < -0.3 is 15.7 Å². The van der Waals surface area contributed by atoms with E-state index in [4.69, 9.17) is 11.6 Å². The number of aliphatic hydroxyl groups is 1. The predicted octanol–water partition coefficient (Wildman–Crippen LogP) is 4.07. The van der Waals surface area contributed by atoms with Gasteiger partial charge in [0.2, 0.25) is 0 Å². The summed E-state index contributed by atoms with van der Waals surface area (Å²) in [5.41, 5.74) is 1.77. The molecular formula is C19H23ClN2O2. The van der Waals surface area contributed by atoms with Gasteiger partial charge in [0.15, 0.2) is 0 Å². The van der Waals surface area contributed by atoms with Crippen LogP contribution in [-0.2, 0) is 0 Å². The van der Waals surface area contributed by atoms with Crippen molar-refractivity contribution in [3.05, 3.63) is 70.7 Å². The highest BCUT2D eigenvalue weighted by molar-refractivity contribution is 6.30. The van der Waals surface area contributed by atoms with E-state index >= 15 is 0 Å². The Kier molecular flexibility index (Phi) is 6.64. The molecule has 3 N–H and O–H groups in total. The average molecular weight is 347 g/mol. The molecule has 0 saturated carbocycles. The van der Waals surface area contributed by atoms with E-state index in [0.717, 1.165) is 5.56 Å². The first-order valence-corrected chi connectivity index (χ1v) is 8.38. The van der Waals surface area contributed by atoms with Gasteiger partial charge >= 0.3 is 6.03 Å². The van der Waals surface area contributed by atoms with Gasteiger partial charge in [-0.25, -0.2) is 4.79 Å². The quantitative estimate of drug-likeness (QED) is 0.738. The van der Waals surface area contributed by atoms with Crippen LogP contribution >= 0.6 is 11.6 Å². The Bertz CT molecular complexity index is 644. The first-order chi connectivity index (χ1) is 11.5. The highest BCUT2D eigenvalue weighted by atomic mass is 35.5. The van der Waals surface area contributed by atoms with Gasteiger partial charge in [0, 0.05) is 11.6 Å². The molecule has 0 aliphatic rings. The topological polar surface area (TPSA) is 61.4 Å². The van der Waals surface area contributed by atoms with Crippen LogP contribution in [0.3, 0.4) is 0 Å². The maximum Gasteiger partial charge on any atom is 0.315 e. The maximum absolute atomic E-state index is 12.2. The minimum atomic E-state index is -0.776. The Morgan fingerprint density at radius 2 is 1.67 bits per heavy atom. The first-order valence-electron chi connectivity index (χ1n) is 8.00. The summed E-state index contributed by atoms with van der Waals surface area (Å²) in [5, 5.41) is 16.4. The molecule has 2 unspecified atom stereocenters. The van der Waals surface area contributed by atoms with Crippen molar-refractivity contribution < 1.29 is 9.90 Å². The lowest BCUT2D eigenvalue weighted by Crippen LogP contribution is -2.41. The molecule has 0 saturated heterocycles. The third-order valence-corrected chi connectivity index (χ3v) is 4.07. The smallest absolute Gasteiger partial charge is 0.315 e. The molecule has 0 aromatic heterocycles. The second-order valence-corrected chi connectivity index (χ2v) is 6.49. The van der Waals surface area contributed by atoms with E-state index in [1.165, 1.54) is 0 Å². The molecule has 0 radical (unpaired) electrons. The molecule has 2 amide bonds. The minimum Gasteiger partial charge on any atom is -0.387 e. The van der Waals surface area contributed by atoms with Gasteiger partial charge in [-0.05, 0) is 29.2 Å². The Hall–Kier alpha value is -2.04. The van der Waals surface area contributed by atoms with Gasteiger partial charge in [0.25, 0.3) is 0 Å². The molecule has 4 nitrogen and oxygen atoms in total. The van der Waals surface area contributed by atoms with Crippen LogP contribution in [0.2, 0.25) is 5.02 Å². The average Bonchev–Trinajstić information content (AvgIpc) is 2.58. The fourth-order valence-electron chi connectivity index (χ4n) is 2.48. The molecule has 2 rings (SSSR count). The third kappa shape index (κ3) is 5.25. The second-order valence-electron chi connectivity index (χ2n) is 6.05. The van der Waals surface area contributed by atoms with Crippen molar-refractivity contribution in [2.75, 3.05) is 6.54 Å². The van der Waals surface area contributed by atoms with E-state index in [-0.39, 0.29) is 24.5 Å². The van der Waals surface area contributed by atoms with Gasteiger partial charge in [-0.1, -0.05) is 67.9 Å². The van der Waals surface area contributed by atoms with E-state index in [1.807, 2.05) is 30.3 Å². The van der Waals surface area contributed by atoms with Crippen molar-refractivity contribution in [1.29, 1.82) is 0 Å². The van der Waals surface area contributed by atoms with E-state index < -0.39 is 6.10 Å². The molecule has 24 heavy (non-hydrogen) atoms. The molecule has 2 aromatic carbocycles. The maximum atomic E-state index is 12.2. The number of hydrogen-bond donors (Lipinski definition) is 3. The van der Waals surface area contributed by atoms with Crippen LogP contribution in [0.5, 0.6) is 0 Å². The van der Waals surface area contributed by atoms with Gasteiger partial charge in [-0.15, -0.1) is 0 Å². The molecule has 5 heteroatoms. The Balaban J connectivity index is 1.90. The lowest BCUT2D eigenvalue weighted by molar-refractivity contribution is 0.172. The number of carbonyl (C=O) groups excluding carboxylic acids is 1. The number of nitrogens with one attached hydrogen (secondary N) is 2. The Labute approximate surface area is 147 Å². The molecule has 2 atom stereocenters. The lowest BCUT2D eigenvalue weighted by Gasteiger charge is -2.23. The van der Waals surface area contributed by atoms with Gasteiger partial charge in [-0.2, -0.15) is 0 Å². The normalized spacial score (nSPS) is 13.4. The highest BCUT2D eigenvalue weighted by Crippen LogP contribution is 2.21. The summed E-state index contributed by atoms with van der Waals surface area (Å²) < 4.78 is 0. The predicted molar refractivity (Wildman–Crippen MR) is 97.0 cm³/mol. The molecule has 2 aromatic rings. The number of amides is 2. The van der Waals surface area contributed by atoms with E-state index in [0.29, 0.717) is 10.6 Å². The van der Waals surface area contributed by atoms with Crippen LogP contribution in [0.4, 0.5) is 4.79 Å². The van der Waals surface area contributed by atoms with Crippen molar-refractivity contribution >= 4 is 17.6 Å². The number of carbonyl (C=O) groups is 1. The number of aliphatic hydroxyl groups excluding tert-OH is 1. The molecular weight excluding hydrogens is 324 g/mol. The summed E-state index contributed by atoms with van der Waals surface area (Å²) in [6.45, 7) is 4.24. The van der Waals surface area contributed by atoms with Crippen LogP contribution < -0.4 is 10.6 Å². The van der Waals surface area contributed by atoms with Crippen molar-refractivity contribution in [2.24, 2.45) is 5.92 Å². The molecule has 0 fully saturated rings. The fourth-order valence-corrected chi connectivity index (χ4v) is 2.61. The van der Waals surface area contributed by atoms with Gasteiger partial charge in [0.05, 0.1) is 12.1 Å². The largest absolute Gasteiger partial charge is 0.387 e. The third-order valence-electron chi connectivity index (χ3n) is 3.82. The monoisotopic (exact) mass is 346 g/mol. The van der Waals surface area contributed by atoms with Crippen LogP contribution in [0.1, 0.15) is 37.1 Å². The number of benzene rings is 2. The summed E-state index contributed by atoms with van der Waals surface area (Å²) in [4.78, 5) is 12.2. The number of halogens is 1. The van der Waals surface area contributed by atoms with Crippen molar-refractivity contribution in [2.45, 2.75) is 26.0 Å². The Morgan fingerprint density at radius 1 is 1.04 bits per heavy atom. The van der Waals surface area contributed by atoms with E-state index in [1.54, 1.807) is 24.3 Å². The summed E-state index contributed by atoms with van der Waals surface area (Å²) >= 11 is 5.83. The molecule has 0 aliphatic heterocycles. The first kappa shape index (κ1) is 18.3. The molecule has 0 heterocycles. The Morgan fingerprint density at radius 3 is 2.25 bits per heavy atom. The lowest BCUT2D eigenvalue weighted by atomic mass is 9.96. The van der Waals surface area contributed by atoms with Crippen molar-refractivity contribution in [3.63, 3.8) is 0 Å². The summed E-state index contributed by atoms with van der Waals surface area (Å²) in [6.07, 6.45) is -0.776. The van der Waals surface area contributed by atoms with E-state index in [2.05, 4.69) is 24.5 Å². The van der Waals surface area contributed by atoms with Crippen LogP contribution in [-0.4, -0.2) is 17.7 Å².